The van der Waals surface area contributed by atoms with Gasteiger partial charge < -0.3 is 5.11 Å². The van der Waals surface area contributed by atoms with Crippen LogP contribution >= 0.6 is 0 Å². The smallest absolute Gasteiger partial charge is 0.157 e. The normalized spacial score (nSPS) is 13.6. The molecule has 0 saturated heterocycles. The van der Waals surface area contributed by atoms with Crippen LogP contribution in [-0.4, -0.2) is 10.1 Å². The Balaban J connectivity index is 2.25. The number of aryl methyl sites for hydroxylation is 1. The summed E-state index contributed by atoms with van der Waals surface area (Å²) in [6, 6.07) is 23.2. The highest BCUT2D eigenvalue weighted by molar-refractivity contribution is 5.45. The van der Waals surface area contributed by atoms with E-state index >= 15 is 0 Å². The van der Waals surface area contributed by atoms with Crippen molar-refractivity contribution in [2.24, 2.45) is 0 Å². The van der Waals surface area contributed by atoms with Crippen LogP contribution in [0, 0.1) is 6.92 Å². The molecule has 1 N–H and O–H groups in total. The van der Waals surface area contributed by atoms with Crippen LogP contribution in [0.4, 0.5) is 0 Å². The zero-order valence-electron chi connectivity index (χ0n) is 11.9. The summed E-state index contributed by atoms with van der Waals surface area (Å²) in [5.41, 5.74) is 2.13. The largest absolute Gasteiger partial charge is 0.374 e. The van der Waals surface area contributed by atoms with Crippen LogP contribution in [0.5, 0.6) is 0 Å². The molecule has 21 heavy (non-hydrogen) atoms. The van der Waals surface area contributed by atoms with Crippen molar-refractivity contribution >= 4 is 0 Å². The zero-order valence-corrected chi connectivity index (χ0v) is 11.9. The van der Waals surface area contributed by atoms with Gasteiger partial charge in [0.05, 0.1) is 5.69 Å². The SMILES string of the molecule is Cc1cccc(C(O)(c2ccccc2)c2ccccn2)c1. The van der Waals surface area contributed by atoms with Gasteiger partial charge in [-0.25, -0.2) is 0 Å². The van der Waals surface area contributed by atoms with E-state index < -0.39 is 5.60 Å². The van der Waals surface area contributed by atoms with Crippen molar-refractivity contribution in [3.05, 3.63) is 101 Å². The molecular formula is C19H17NO. The Hall–Kier alpha value is -2.45. The van der Waals surface area contributed by atoms with Crippen LogP contribution in [0.25, 0.3) is 0 Å². The zero-order chi connectivity index (χ0) is 14.7. The highest BCUT2D eigenvalue weighted by Crippen LogP contribution is 2.35. The number of hydrogen-bond acceptors (Lipinski definition) is 2. The third-order valence-electron chi connectivity index (χ3n) is 3.66. The molecule has 0 spiro atoms. The highest BCUT2D eigenvalue weighted by Gasteiger charge is 2.34. The van der Waals surface area contributed by atoms with Crippen LogP contribution < -0.4 is 0 Å². The second-order valence-electron chi connectivity index (χ2n) is 5.16. The Morgan fingerprint density at radius 3 is 2.19 bits per heavy atom. The van der Waals surface area contributed by atoms with Gasteiger partial charge in [0.2, 0.25) is 0 Å². The molecule has 0 saturated carbocycles. The molecule has 2 aromatic carbocycles. The summed E-state index contributed by atoms with van der Waals surface area (Å²) in [5.74, 6) is 0. The van der Waals surface area contributed by atoms with Crippen molar-refractivity contribution in [1.29, 1.82) is 0 Å². The summed E-state index contributed by atoms with van der Waals surface area (Å²) in [6.07, 6.45) is 1.71. The van der Waals surface area contributed by atoms with Gasteiger partial charge in [-0.3, -0.25) is 4.98 Å². The van der Waals surface area contributed by atoms with Gasteiger partial charge in [-0.15, -0.1) is 0 Å². The molecule has 3 aromatic rings. The summed E-state index contributed by atoms with van der Waals surface area (Å²) in [5, 5.41) is 11.5. The first kappa shape index (κ1) is 13.5. The fourth-order valence-electron chi connectivity index (χ4n) is 2.59. The topological polar surface area (TPSA) is 33.1 Å². The molecule has 104 valence electrons. The Bertz CT molecular complexity index is 683. The lowest BCUT2D eigenvalue weighted by molar-refractivity contribution is 0.121. The molecule has 1 atom stereocenters. The van der Waals surface area contributed by atoms with Gasteiger partial charge in [0, 0.05) is 6.20 Å². The van der Waals surface area contributed by atoms with Crippen molar-refractivity contribution < 1.29 is 5.11 Å². The number of benzene rings is 2. The maximum absolute atomic E-state index is 11.5. The minimum absolute atomic E-state index is 0.627. The summed E-state index contributed by atoms with van der Waals surface area (Å²) in [4.78, 5) is 4.38. The Morgan fingerprint density at radius 1 is 0.810 bits per heavy atom. The van der Waals surface area contributed by atoms with Crippen LogP contribution in [0.3, 0.4) is 0 Å². The predicted molar refractivity (Wildman–Crippen MR) is 84.0 cm³/mol. The number of pyridine rings is 1. The van der Waals surface area contributed by atoms with Gasteiger partial charge >= 0.3 is 0 Å². The second-order valence-corrected chi connectivity index (χ2v) is 5.16. The van der Waals surface area contributed by atoms with E-state index in [4.69, 9.17) is 0 Å². The molecule has 1 heterocycles. The first-order valence-electron chi connectivity index (χ1n) is 6.98. The molecule has 0 radical (unpaired) electrons. The number of nitrogens with zero attached hydrogens (tertiary/aromatic N) is 1. The lowest BCUT2D eigenvalue weighted by Crippen LogP contribution is -2.30. The third-order valence-corrected chi connectivity index (χ3v) is 3.66. The number of aliphatic hydroxyl groups is 1. The monoisotopic (exact) mass is 275 g/mol. The molecule has 1 unspecified atom stereocenters. The van der Waals surface area contributed by atoms with Crippen molar-refractivity contribution in [2.75, 3.05) is 0 Å². The summed E-state index contributed by atoms with van der Waals surface area (Å²) >= 11 is 0. The molecular weight excluding hydrogens is 258 g/mol. The van der Waals surface area contributed by atoms with Gasteiger partial charge in [0.15, 0.2) is 5.60 Å². The minimum Gasteiger partial charge on any atom is -0.374 e. The molecule has 0 bridgehead atoms. The average molecular weight is 275 g/mol. The van der Waals surface area contributed by atoms with E-state index in [1.165, 1.54) is 0 Å². The van der Waals surface area contributed by atoms with E-state index in [0.29, 0.717) is 5.69 Å². The van der Waals surface area contributed by atoms with E-state index in [9.17, 15) is 5.11 Å². The minimum atomic E-state index is -1.24. The van der Waals surface area contributed by atoms with Crippen LogP contribution in [-0.2, 0) is 5.60 Å². The molecule has 0 aliphatic rings. The van der Waals surface area contributed by atoms with Gasteiger partial charge in [-0.1, -0.05) is 66.2 Å². The summed E-state index contributed by atoms with van der Waals surface area (Å²) < 4.78 is 0. The van der Waals surface area contributed by atoms with Crippen molar-refractivity contribution in [1.82, 2.24) is 4.98 Å². The highest BCUT2D eigenvalue weighted by atomic mass is 16.3. The van der Waals surface area contributed by atoms with Crippen LogP contribution in [0.1, 0.15) is 22.4 Å². The summed E-state index contributed by atoms with van der Waals surface area (Å²) in [7, 11) is 0. The first-order valence-corrected chi connectivity index (χ1v) is 6.98. The molecule has 0 aliphatic heterocycles. The van der Waals surface area contributed by atoms with Crippen molar-refractivity contribution in [2.45, 2.75) is 12.5 Å². The Kier molecular flexibility index (Phi) is 3.55. The maximum Gasteiger partial charge on any atom is 0.157 e. The van der Waals surface area contributed by atoms with Crippen molar-refractivity contribution in [3.8, 4) is 0 Å². The standard InChI is InChI=1S/C19H17NO/c1-15-8-7-11-17(14-15)19(21,16-9-3-2-4-10-16)18-12-5-6-13-20-18/h2-14,21H,1H3. The fourth-order valence-corrected chi connectivity index (χ4v) is 2.59. The van der Waals surface area contributed by atoms with Crippen LogP contribution in [0.2, 0.25) is 0 Å². The van der Waals surface area contributed by atoms with E-state index in [1.54, 1.807) is 6.20 Å². The molecule has 1 aromatic heterocycles. The molecule has 3 rings (SSSR count). The lowest BCUT2D eigenvalue weighted by atomic mass is 9.82. The number of rotatable bonds is 3. The molecule has 2 heteroatoms. The second kappa shape index (κ2) is 5.51. The predicted octanol–water partition coefficient (Wildman–Crippen LogP) is 3.67. The molecule has 0 fully saturated rings. The van der Waals surface area contributed by atoms with E-state index in [0.717, 1.165) is 16.7 Å². The van der Waals surface area contributed by atoms with Gasteiger partial charge in [-0.05, 0) is 30.2 Å². The third kappa shape index (κ3) is 2.46. The quantitative estimate of drug-likeness (QED) is 0.791. The van der Waals surface area contributed by atoms with Gasteiger partial charge in [-0.2, -0.15) is 0 Å². The van der Waals surface area contributed by atoms with Crippen LogP contribution in [0.15, 0.2) is 79.0 Å². The molecule has 0 aliphatic carbocycles. The Morgan fingerprint density at radius 2 is 1.52 bits per heavy atom. The summed E-state index contributed by atoms with van der Waals surface area (Å²) in [6.45, 7) is 2.02. The van der Waals surface area contributed by atoms with Gasteiger partial charge in [0.1, 0.15) is 0 Å². The van der Waals surface area contributed by atoms with Gasteiger partial charge in [0.25, 0.3) is 0 Å². The van der Waals surface area contributed by atoms with E-state index in [-0.39, 0.29) is 0 Å². The lowest BCUT2D eigenvalue weighted by Gasteiger charge is -2.29. The van der Waals surface area contributed by atoms with E-state index in [2.05, 4.69) is 4.98 Å². The first-order chi connectivity index (χ1) is 10.2. The van der Waals surface area contributed by atoms with Crippen molar-refractivity contribution in [3.63, 3.8) is 0 Å². The number of aromatic nitrogens is 1. The average Bonchev–Trinajstić information content (AvgIpc) is 2.56. The maximum atomic E-state index is 11.5. The number of hydrogen-bond donors (Lipinski definition) is 1. The fraction of sp³-hybridized carbons (Fsp3) is 0.105. The Labute approximate surface area is 124 Å². The molecule has 2 nitrogen and oxygen atoms in total. The molecule has 0 amide bonds. The van der Waals surface area contributed by atoms with E-state index in [1.807, 2.05) is 79.7 Å².